The Hall–Kier alpha value is -2.57. The maximum absolute atomic E-state index is 4.76. The highest BCUT2D eigenvalue weighted by molar-refractivity contribution is 5.80. The van der Waals surface area contributed by atoms with E-state index in [1.165, 1.54) is 16.8 Å². The lowest BCUT2D eigenvalue weighted by Crippen LogP contribution is -2.52. The Morgan fingerprint density at radius 2 is 1.96 bits per heavy atom. The first-order chi connectivity index (χ1) is 12.6. The van der Waals surface area contributed by atoms with Gasteiger partial charge in [-0.2, -0.15) is 0 Å². The summed E-state index contributed by atoms with van der Waals surface area (Å²) in [6.45, 7) is 11.8. The normalized spacial score (nSPS) is 15.5. The molecular weight excluding hydrogens is 326 g/mol. The van der Waals surface area contributed by atoms with Crippen LogP contribution in [0.4, 0.5) is 5.69 Å². The van der Waals surface area contributed by atoms with Crippen molar-refractivity contribution in [3.8, 4) is 0 Å². The van der Waals surface area contributed by atoms with Crippen LogP contribution >= 0.6 is 0 Å². The summed E-state index contributed by atoms with van der Waals surface area (Å²) < 4.78 is 1.91. The third-order valence-electron chi connectivity index (χ3n) is 5.01. The molecule has 0 unspecified atom stereocenters. The average Bonchev–Trinajstić information content (AvgIpc) is 3.06. The molecule has 2 aromatic rings. The monoisotopic (exact) mass is 355 g/mol. The minimum atomic E-state index is 0.538. The van der Waals surface area contributed by atoms with Crippen molar-refractivity contribution in [2.75, 3.05) is 37.6 Å². The van der Waals surface area contributed by atoms with E-state index in [0.29, 0.717) is 6.54 Å². The van der Waals surface area contributed by atoms with E-state index in [2.05, 4.69) is 64.3 Å². The van der Waals surface area contributed by atoms with E-state index in [0.717, 1.165) is 44.5 Å². The number of anilines is 1. The zero-order chi connectivity index (χ0) is 18.5. The van der Waals surface area contributed by atoms with Crippen LogP contribution in [0.5, 0.6) is 0 Å². The second-order valence-corrected chi connectivity index (χ2v) is 6.72. The highest BCUT2D eigenvalue weighted by atomic mass is 15.4. The van der Waals surface area contributed by atoms with Crippen LogP contribution in [0.3, 0.4) is 0 Å². The number of hydrogen-bond donors (Lipinski definition) is 1. The third kappa shape index (κ3) is 3.98. The summed E-state index contributed by atoms with van der Waals surface area (Å²) in [5, 5.41) is 11.4. The van der Waals surface area contributed by atoms with E-state index in [1.807, 2.05) is 11.6 Å². The predicted molar refractivity (Wildman–Crippen MR) is 106 cm³/mol. The molecule has 1 aromatic carbocycles. The molecule has 1 N–H and O–H groups in total. The van der Waals surface area contributed by atoms with Crippen molar-refractivity contribution >= 4 is 11.6 Å². The number of aromatic nitrogens is 3. The van der Waals surface area contributed by atoms with Crippen LogP contribution in [-0.4, -0.2) is 58.3 Å². The summed E-state index contributed by atoms with van der Waals surface area (Å²) in [7, 11) is 1.95. The van der Waals surface area contributed by atoms with Gasteiger partial charge in [0.2, 0.25) is 0 Å². The molecule has 0 atom stereocenters. The van der Waals surface area contributed by atoms with Gasteiger partial charge in [0, 0.05) is 45.5 Å². The molecule has 7 nitrogen and oxygen atoms in total. The molecule has 1 fully saturated rings. The van der Waals surface area contributed by atoms with Crippen molar-refractivity contribution in [3.05, 3.63) is 41.5 Å². The number of nitrogens with one attached hydrogen (secondary N) is 1. The molecule has 0 radical (unpaired) electrons. The average molecular weight is 355 g/mol. The predicted octanol–water partition coefficient (Wildman–Crippen LogP) is 1.72. The van der Waals surface area contributed by atoms with Crippen molar-refractivity contribution in [1.29, 1.82) is 0 Å². The fourth-order valence-corrected chi connectivity index (χ4v) is 3.26. The molecule has 0 saturated carbocycles. The zero-order valence-electron chi connectivity index (χ0n) is 16.2. The highest BCUT2D eigenvalue weighted by Crippen LogP contribution is 2.23. The summed E-state index contributed by atoms with van der Waals surface area (Å²) in [4.78, 5) is 9.57. The number of nitrogens with zero attached hydrogens (tertiary/aromatic N) is 6. The molecule has 1 aliphatic heterocycles. The lowest BCUT2D eigenvalue weighted by atomic mass is 10.1. The van der Waals surface area contributed by atoms with Gasteiger partial charge in [0.05, 0.1) is 0 Å². The van der Waals surface area contributed by atoms with E-state index in [1.54, 1.807) is 6.33 Å². The smallest absolute Gasteiger partial charge is 0.194 e. The molecular formula is C19H29N7. The van der Waals surface area contributed by atoms with Gasteiger partial charge in [-0.1, -0.05) is 12.1 Å². The lowest BCUT2D eigenvalue weighted by Gasteiger charge is -2.38. The number of piperazine rings is 1. The minimum absolute atomic E-state index is 0.538. The Kier molecular flexibility index (Phi) is 5.75. The first kappa shape index (κ1) is 18.2. The van der Waals surface area contributed by atoms with Crippen molar-refractivity contribution < 1.29 is 0 Å². The fraction of sp³-hybridized carbons (Fsp3) is 0.526. The van der Waals surface area contributed by atoms with Crippen LogP contribution in [0.25, 0.3) is 0 Å². The second kappa shape index (κ2) is 8.21. The number of hydrogen-bond acceptors (Lipinski definition) is 4. The van der Waals surface area contributed by atoms with Crippen molar-refractivity contribution in [1.82, 2.24) is 25.0 Å². The van der Waals surface area contributed by atoms with Gasteiger partial charge in [-0.3, -0.25) is 0 Å². The van der Waals surface area contributed by atoms with E-state index in [-0.39, 0.29) is 0 Å². The number of rotatable bonds is 4. The Balaban J connectivity index is 1.66. The molecule has 1 aliphatic rings. The maximum atomic E-state index is 4.76. The van der Waals surface area contributed by atoms with Gasteiger partial charge in [-0.25, -0.2) is 4.99 Å². The van der Waals surface area contributed by atoms with Gasteiger partial charge in [-0.05, 0) is 38.0 Å². The molecule has 7 heteroatoms. The largest absolute Gasteiger partial charge is 0.368 e. The summed E-state index contributed by atoms with van der Waals surface area (Å²) in [6.07, 6.45) is 1.71. The SMILES string of the molecule is CCNC(=NCc1nncn1C)N1CCN(c2cccc(C)c2C)CC1. The van der Waals surface area contributed by atoms with Gasteiger partial charge < -0.3 is 19.7 Å². The van der Waals surface area contributed by atoms with Crippen molar-refractivity contribution in [3.63, 3.8) is 0 Å². The number of guanidine groups is 1. The summed E-state index contributed by atoms with van der Waals surface area (Å²) in [5.74, 6) is 1.82. The van der Waals surface area contributed by atoms with Gasteiger partial charge in [0.1, 0.15) is 12.9 Å². The third-order valence-corrected chi connectivity index (χ3v) is 5.01. The summed E-state index contributed by atoms with van der Waals surface area (Å²) >= 11 is 0. The minimum Gasteiger partial charge on any atom is -0.368 e. The number of aliphatic imine (C=N–C) groups is 1. The summed E-state index contributed by atoms with van der Waals surface area (Å²) in [6, 6.07) is 6.55. The van der Waals surface area contributed by atoms with E-state index < -0.39 is 0 Å². The zero-order valence-corrected chi connectivity index (χ0v) is 16.2. The Bertz CT molecular complexity index is 757. The van der Waals surface area contributed by atoms with Crippen LogP contribution in [0, 0.1) is 13.8 Å². The lowest BCUT2D eigenvalue weighted by molar-refractivity contribution is 0.372. The maximum Gasteiger partial charge on any atom is 0.194 e. The number of benzene rings is 1. The first-order valence-corrected chi connectivity index (χ1v) is 9.27. The standard InChI is InChI=1S/C19H29N7/c1-5-20-19(21-13-18-23-22-14-24(18)4)26-11-9-25(10-12-26)17-8-6-7-15(2)16(17)3/h6-8,14H,5,9-13H2,1-4H3,(H,20,21). The van der Waals surface area contributed by atoms with Gasteiger partial charge >= 0.3 is 0 Å². The highest BCUT2D eigenvalue weighted by Gasteiger charge is 2.21. The Morgan fingerprint density at radius 1 is 1.19 bits per heavy atom. The van der Waals surface area contributed by atoms with Crippen LogP contribution < -0.4 is 10.2 Å². The number of aryl methyl sites for hydroxylation is 2. The molecule has 0 bridgehead atoms. The molecule has 0 spiro atoms. The Labute approximate surface area is 155 Å². The van der Waals surface area contributed by atoms with Gasteiger partial charge in [0.15, 0.2) is 11.8 Å². The molecule has 26 heavy (non-hydrogen) atoms. The quantitative estimate of drug-likeness (QED) is 0.668. The molecule has 1 saturated heterocycles. The first-order valence-electron chi connectivity index (χ1n) is 9.27. The van der Waals surface area contributed by atoms with E-state index in [4.69, 9.17) is 4.99 Å². The fourth-order valence-electron chi connectivity index (χ4n) is 3.26. The van der Waals surface area contributed by atoms with E-state index in [9.17, 15) is 0 Å². The van der Waals surface area contributed by atoms with E-state index >= 15 is 0 Å². The molecule has 140 valence electrons. The molecule has 3 rings (SSSR count). The van der Waals surface area contributed by atoms with Crippen LogP contribution in [0.2, 0.25) is 0 Å². The second-order valence-electron chi connectivity index (χ2n) is 6.72. The Morgan fingerprint density at radius 3 is 2.62 bits per heavy atom. The van der Waals surface area contributed by atoms with Gasteiger partial charge in [0.25, 0.3) is 0 Å². The summed E-state index contributed by atoms with van der Waals surface area (Å²) in [5.41, 5.74) is 4.08. The topological polar surface area (TPSA) is 61.6 Å². The molecule has 1 aromatic heterocycles. The van der Waals surface area contributed by atoms with Crippen LogP contribution in [-0.2, 0) is 13.6 Å². The van der Waals surface area contributed by atoms with Gasteiger partial charge in [-0.15, -0.1) is 10.2 Å². The molecule has 0 amide bonds. The van der Waals surface area contributed by atoms with Crippen LogP contribution in [0.1, 0.15) is 23.9 Å². The van der Waals surface area contributed by atoms with Crippen molar-refractivity contribution in [2.24, 2.45) is 12.0 Å². The van der Waals surface area contributed by atoms with Crippen LogP contribution in [0.15, 0.2) is 29.5 Å². The molecule has 0 aliphatic carbocycles. The molecule has 2 heterocycles. The van der Waals surface area contributed by atoms with Crippen molar-refractivity contribution in [2.45, 2.75) is 27.3 Å².